The first-order valence-electron chi connectivity index (χ1n) is 6.56. The number of rotatable bonds is 5. The lowest BCUT2D eigenvalue weighted by Gasteiger charge is -2.09. The number of pyridine rings is 1. The molecule has 0 unspecified atom stereocenters. The van der Waals surface area contributed by atoms with Gasteiger partial charge in [0.05, 0.1) is 23.8 Å². The van der Waals surface area contributed by atoms with Crippen LogP contribution in [0.4, 0.5) is 0 Å². The average Bonchev–Trinajstić information content (AvgIpc) is 2.83. The first-order valence-corrected chi connectivity index (χ1v) is 6.56. The maximum Gasteiger partial charge on any atom is 0.136 e. The van der Waals surface area contributed by atoms with E-state index in [0.29, 0.717) is 13.2 Å². The van der Waals surface area contributed by atoms with Crippen molar-refractivity contribution >= 4 is 21.9 Å². The van der Waals surface area contributed by atoms with Gasteiger partial charge in [0, 0.05) is 26.2 Å². The van der Waals surface area contributed by atoms with E-state index < -0.39 is 0 Å². The van der Waals surface area contributed by atoms with Crippen LogP contribution < -0.4 is 0 Å². The summed E-state index contributed by atoms with van der Waals surface area (Å²) in [5, 5.41) is 1.11. The van der Waals surface area contributed by atoms with E-state index in [1.165, 1.54) is 0 Å². The van der Waals surface area contributed by atoms with Gasteiger partial charge in [0.1, 0.15) is 17.9 Å². The third kappa shape index (κ3) is 2.15. The van der Waals surface area contributed by atoms with Crippen molar-refractivity contribution in [3.8, 4) is 0 Å². The average molecular weight is 271 g/mol. The highest BCUT2D eigenvalue weighted by Crippen LogP contribution is 2.24. The molecule has 104 valence electrons. The Bertz CT molecular complexity index is 736. The zero-order valence-electron chi connectivity index (χ0n) is 11.7. The maximum atomic E-state index is 5.25. The molecule has 2 aromatic heterocycles. The fraction of sp³-hybridized carbons (Fsp3) is 0.333. The smallest absolute Gasteiger partial charge is 0.136 e. The van der Waals surface area contributed by atoms with Crippen molar-refractivity contribution in [2.24, 2.45) is 0 Å². The van der Waals surface area contributed by atoms with Crippen LogP contribution in [0.2, 0.25) is 0 Å². The molecule has 20 heavy (non-hydrogen) atoms. The van der Waals surface area contributed by atoms with Crippen LogP contribution in [0.5, 0.6) is 0 Å². The number of ether oxygens (including phenoxy) is 2. The third-order valence-electron chi connectivity index (χ3n) is 3.35. The van der Waals surface area contributed by atoms with Gasteiger partial charge in [0.2, 0.25) is 0 Å². The summed E-state index contributed by atoms with van der Waals surface area (Å²) in [4.78, 5) is 9.08. The zero-order chi connectivity index (χ0) is 13.9. The molecule has 0 saturated carbocycles. The van der Waals surface area contributed by atoms with E-state index >= 15 is 0 Å². The van der Waals surface area contributed by atoms with Crippen molar-refractivity contribution in [3.05, 3.63) is 36.3 Å². The lowest BCUT2D eigenvalue weighted by molar-refractivity contribution is 0.164. The second-order valence-electron chi connectivity index (χ2n) is 4.61. The second-order valence-corrected chi connectivity index (χ2v) is 4.61. The summed E-state index contributed by atoms with van der Waals surface area (Å²) in [7, 11) is 3.38. The number of para-hydroxylation sites is 1. The molecule has 5 nitrogen and oxygen atoms in total. The topological polar surface area (TPSA) is 49.2 Å². The van der Waals surface area contributed by atoms with Crippen molar-refractivity contribution in [1.29, 1.82) is 0 Å². The van der Waals surface area contributed by atoms with Gasteiger partial charge in [-0.05, 0) is 6.07 Å². The Morgan fingerprint density at radius 1 is 1.10 bits per heavy atom. The van der Waals surface area contributed by atoms with Crippen LogP contribution in [0, 0.1) is 0 Å². The van der Waals surface area contributed by atoms with E-state index in [-0.39, 0.29) is 0 Å². The van der Waals surface area contributed by atoms with Crippen molar-refractivity contribution in [2.45, 2.75) is 13.2 Å². The molecular weight excluding hydrogens is 254 g/mol. The van der Waals surface area contributed by atoms with E-state index in [0.717, 1.165) is 34.3 Å². The highest BCUT2D eigenvalue weighted by atomic mass is 16.5. The summed E-state index contributed by atoms with van der Waals surface area (Å²) in [5.74, 6) is 0.901. The summed E-state index contributed by atoms with van der Waals surface area (Å²) >= 11 is 0. The zero-order valence-corrected chi connectivity index (χ0v) is 11.7. The van der Waals surface area contributed by atoms with Crippen molar-refractivity contribution in [1.82, 2.24) is 14.5 Å². The molecule has 0 radical (unpaired) electrons. The predicted molar refractivity (Wildman–Crippen MR) is 77.6 cm³/mol. The maximum absolute atomic E-state index is 5.25. The standard InChI is InChI=1S/C15H17N3O2/c1-19-8-7-18-14(10-20-2)17-13-9-16-12-6-4-3-5-11(12)15(13)18/h3-6,9H,7-8,10H2,1-2H3. The van der Waals surface area contributed by atoms with Gasteiger partial charge >= 0.3 is 0 Å². The molecule has 3 rings (SSSR count). The fourth-order valence-corrected chi connectivity index (χ4v) is 2.47. The van der Waals surface area contributed by atoms with Crippen LogP contribution in [-0.4, -0.2) is 35.4 Å². The van der Waals surface area contributed by atoms with Gasteiger partial charge in [-0.1, -0.05) is 18.2 Å². The summed E-state index contributed by atoms with van der Waals surface area (Å²) in [6.07, 6.45) is 1.82. The summed E-state index contributed by atoms with van der Waals surface area (Å²) < 4.78 is 12.6. The third-order valence-corrected chi connectivity index (χ3v) is 3.35. The number of hydrogen-bond donors (Lipinski definition) is 0. The van der Waals surface area contributed by atoms with Gasteiger partial charge in [-0.3, -0.25) is 4.98 Å². The van der Waals surface area contributed by atoms with Crippen molar-refractivity contribution in [2.75, 3.05) is 20.8 Å². The van der Waals surface area contributed by atoms with Gasteiger partial charge in [-0.25, -0.2) is 4.98 Å². The molecule has 5 heteroatoms. The van der Waals surface area contributed by atoms with Crippen LogP contribution in [0.3, 0.4) is 0 Å². The minimum absolute atomic E-state index is 0.479. The number of methoxy groups -OCH3 is 2. The normalized spacial score (nSPS) is 11.5. The molecule has 0 aliphatic carbocycles. The first kappa shape index (κ1) is 13.0. The predicted octanol–water partition coefficient (Wildman–Crippen LogP) is 2.38. The molecule has 0 atom stereocenters. The number of imidazole rings is 1. The highest BCUT2D eigenvalue weighted by Gasteiger charge is 2.13. The molecule has 0 aliphatic rings. The molecule has 2 heterocycles. The fourth-order valence-electron chi connectivity index (χ4n) is 2.47. The van der Waals surface area contributed by atoms with Crippen LogP contribution in [0.1, 0.15) is 5.82 Å². The summed E-state index contributed by atoms with van der Waals surface area (Å²) in [6, 6.07) is 8.10. The van der Waals surface area contributed by atoms with Crippen LogP contribution >= 0.6 is 0 Å². The van der Waals surface area contributed by atoms with E-state index in [1.807, 2.05) is 24.4 Å². The largest absolute Gasteiger partial charge is 0.383 e. The minimum atomic E-state index is 0.479. The number of hydrogen-bond acceptors (Lipinski definition) is 4. The van der Waals surface area contributed by atoms with Crippen LogP contribution in [-0.2, 0) is 22.6 Å². The molecule has 0 aliphatic heterocycles. The molecule has 0 spiro atoms. The Hall–Kier alpha value is -1.98. The number of fused-ring (bicyclic) bond motifs is 3. The molecule has 0 bridgehead atoms. The van der Waals surface area contributed by atoms with Gasteiger partial charge in [-0.15, -0.1) is 0 Å². The van der Waals surface area contributed by atoms with Gasteiger partial charge in [0.25, 0.3) is 0 Å². The lowest BCUT2D eigenvalue weighted by Crippen LogP contribution is -2.09. The van der Waals surface area contributed by atoms with E-state index in [1.54, 1.807) is 14.2 Å². The van der Waals surface area contributed by atoms with Gasteiger partial charge in [-0.2, -0.15) is 0 Å². The first-order chi connectivity index (χ1) is 9.85. The van der Waals surface area contributed by atoms with Crippen molar-refractivity contribution in [3.63, 3.8) is 0 Å². The molecule has 1 aromatic carbocycles. The molecule has 0 amide bonds. The Labute approximate surface area is 117 Å². The Balaban J connectivity index is 2.27. The SMILES string of the molecule is COCCn1c(COC)nc2cnc3ccccc3c21. The molecule has 3 aromatic rings. The number of benzene rings is 1. The van der Waals surface area contributed by atoms with Gasteiger partial charge in [0.15, 0.2) is 0 Å². The number of aromatic nitrogens is 3. The minimum Gasteiger partial charge on any atom is -0.383 e. The molecular formula is C15H17N3O2. The summed E-state index contributed by atoms with van der Waals surface area (Å²) in [6.45, 7) is 1.87. The quantitative estimate of drug-likeness (QED) is 0.715. The Morgan fingerprint density at radius 3 is 2.75 bits per heavy atom. The second kappa shape index (κ2) is 5.56. The summed E-state index contributed by atoms with van der Waals surface area (Å²) in [5.41, 5.74) is 2.97. The Kier molecular flexibility index (Phi) is 3.62. The molecule has 0 saturated heterocycles. The Morgan fingerprint density at radius 2 is 1.95 bits per heavy atom. The molecule has 0 fully saturated rings. The van der Waals surface area contributed by atoms with E-state index in [2.05, 4.69) is 20.6 Å². The van der Waals surface area contributed by atoms with Crippen LogP contribution in [0.25, 0.3) is 21.9 Å². The van der Waals surface area contributed by atoms with E-state index in [4.69, 9.17) is 9.47 Å². The lowest BCUT2D eigenvalue weighted by atomic mass is 10.2. The van der Waals surface area contributed by atoms with Crippen LogP contribution in [0.15, 0.2) is 30.5 Å². The molecule has 0 N–H and O–H groups in total. The van der Waals surface area contributed by atoms with Gasteiger partial charge < -0.3 is 14.0 Å². The highest BCUT2D eigenvalue weighted by molar-refractivity contribution is 6.02. The van der Waals surface area contributed by atoms with E-state index in [9.17, 15) is 0 Å². The monoisotopic (exact) mass is 271 g/mol. The van der Waals surface area contributed by atoms with Crippen molar-refractivity contribution < 1.29 is 9.47 Å². The number of nitrogens with zero attached hydrogens (tertiary/aromatic N) is 3.